The number of aryl methyl sites for hydroxylation is 1. The van der Waals surface area contributed by atoms with Crippen molar-refractivity contribution in [3.63, 3.8) is 0 Å². The number of hydrogen-bond donors (Lipinski definition) is 0. The lowest BCUT2D eigenvalue weighted by atomic mass is 9.98. The summed E-state index contributed by atoms with van der Waals surface area (Å²) in [4.78, 5) is 50.4. The summed E-state index contributed by atoms with van der Waals surface area (Å²) in [6.45, 7) is 3.21. The fraction of sp³-hybridized carbons (Fsp3) is 0.353. The van der Waals surface area contributed by atoms with Gasteiger partial charge in [0.25, 0.3) is 5.91 Å². The highest BCUT2D eigenvalue weighted by Gasteiger charge is 2.59. The Bertz CT molecular complexity index is 799. The third-order valence-corrected chi connectivity index (χ3v) is 4.37. The largest absolute Gasteiger partial charge is 0.464 e. The minimum absolute atomic E-state index is 0.228. The number of hydrogen-bond acceptors (Lipinski definition) is 6. The van der Waals surface area contributed by atoms with Crippen LogP contribution in [0.25, 0.3) is 0 Å². The van der Waals surface area contributed by atoms with Gasteiger partial charge in [-0.15, -0.1) is 0 Å². The molecule has 0 radical (unpaired) electrons. The molecule has 0 N–H and O–H groups in total. The zero-order valence-electron chi connectivity index (χ0n) is 14.1. The van der Waals surface area contributed by atoms with E-state index in [1.807, 2.05) is 19.1 Å². The van der Waals surface area contributed by atoms with Gasteiger partial charge in [0.15, 0.2) is 11.8 Å². The summed E-state index contributed by atoms with van der Waals surface area (Å²) >= 11 is 0. The van der Waals surface area contributed by atoms with Crippen LogP contribution in [-0.2, 0) is 30.3 Å². The van der Waals surface area contributed by atoms with Gasteiger partial charge in [-0.3, -0.25) is 14.4 Å². The van der Waals surface area contributed by atoms with E-state index in [-0.39, 0.29) is 5.71 Å². The number of ether oxygens (including phenoxy) is 1. The second-order valence-corrected chi connectivity index (χ2v) is 5.79. The van der Waals surface area contributed by atoms with Crippen molar-refractivity contribution in [2.24, 2.45) is 11.0 Å². The number of methoxy groups -OCH3 is 1. The van der Waals surface area contributed by atoms with E-state index in [4.69, 9.17) is 0 Å². The van der Waals surface area contributed by atoms with E-state index in [9.17, 15) is 19.2 Å². The van der Waals surface area contributed by atoms with Crippen molar-refractivity contribution in [3.05, 3.63) is 29.8 Å². The molecule has 8 heteroatoms. The second kappa shape index (κ2) is 6.12. The number of amides is 3. The Kier molecular flexibility index (Phi) is 4.12. The topological polar surface area (TPSA) is 96.3 Å². The van der Waals surface area contributed by atoms with Crippen LogP contribution in [0.15, 0.2) is 29.4 Å². The van der Waals surface area contributed by atoms with Crippen molar-refractivity contribution in [3.8, 4) is 0 Å². The zero-order chi connectivity index (χ0) is 18.3. The predicted molar refractivity (Wildman–Crippen MR) is 87.6 cm³/mol. The molecule has 0 aliphatic carbocycles. The van der Waals surface area contributed by atoms with Crippen molar-refractivity contribution in [1.82, 2.24) is 5.01 Å². The summed E-state index contributed by atoms with van der Waals surface area (Å²) in [5.41, 5.74) is 1.23. The lowest BCUT2D eigenvalue weighted by Gasteiger charge is -2.19. The van der Waals surface area contributed by atoms with Gasteiger partial charge in [0.2, 0.25) is 11.8 Å². The highest BCUT2D eigenvalue weighted by atomic mass is 16.5. The van der Waals surface area contributed by atoms with E-state index in [0.717, 1.165) is 29.0 Å². The summed E-state index contributed by atoms with van der Waals surface area (Å²) < 4.78 is 4.64. The molecule has 8 nitrogen and oxygen atoms in total. The van der Waals surface area contributed by atoms with Gasteiger partial charge < -0.3 is 4.74 Å². The molecule has 2 heterocycles. The number of hydrazone groups is 1. The number of carbonyl (C=O) groups excluding carboxylic acids is 4. The van der Waals surface area contributed by atoms with Crippen LogP contribution in [-0.4, -0.2) is 47.6 Å². The third kappa shape index (κ3) is 2.50. The monoisotopic (exact) mass is 343 g/mol. The normalized spacial score (nSPS) is 22.1. The van der Waals surface area contributed by atoms with Gasteiger partial charge in [-0.1, -0.05) is 19.1 Å². The van der Waals surface area contributed by atoms with Crippen LogP contribution in [0.3, 0.4) is 0 Å². The standard InChI is InChI=1S/C17H17N3O5/c1-4-10-5-7-11(8-6-10)19-15(22)12-13(17(24)25-3)18-20(9(2)21)14(12)16(19)23/h5-8,12,14H,4H2,1-3H3/t12-,14-/m0/s1. The van der Waals surface area contributed by atoms with Crippen molar-refractivity contribution < 1.29 is 23.9 Å². The van der Waals surface area contributed by atoms with Gasteiger partial charge in [0.1, 0.15) is 5.92 Å². The van der Waals surface area contributed by atoms with Gasteiger partial charge in [-0.2, -0.15) is 5.10 Å². The lowest BCUT2D eigenvalue weighted by Crippen LogP contribution is -2.41. The minimum Gasteiger partial charge on any atom is -0.464 e. The van der Waals surface area contributed by atoms with E-state index in [2.05, 4.69) is 9.84 Å². The molecule has 0 spiro atoms. The quantitative estimate of drug-likeness (QED) is 0.588. The molecule has 2 aliphatic heterocycles. The molecule has 0 aromatic heterocycles. The summed E-state index contributed by atoms with van der Waals surface area (Å²) in [6.07, 6.45) is 0.824. The molecular formula is C17H17N3O5. The maximum absolute atomic E-state index is 12.8. The van der Waals surface area contributed by atoms with Gasteiger partial charge in [0.05, 0.1) is 12.8 Å². The number of fused-ring (bicyclic) bond motifs is 1. The molecule has 1 fully saturated rings. The van der Waals surface area contributed by atoms with E-state index in [1.165, 1.54) is 6.92 Å². The van der Waals surface area contributed by atoms with Crippen molar-refractivity contribution in [2.45, 2.75) is 26.3 Å². The number of nitrogens with zero attached hydrogens (tertiary/aromatic N) is 3. The Morgan fingerprint density at radius 3 is 2.32 bits per heavy atom. The van der Waals surface area contributed by atoms with E-state index in [1.54, 1.807) is 12.1 Å². The Morgan fingerprint density at radius 1 is 1.16 bits per heavy atom. The third-order valence-electron chi connectivity index (χ3n) is 4.37. The molecule has 1 aromatic rings. The Morgan fingerprint density at radius 2 is 1.80 bits per heavy atom. The second-order valence-electron chi connectivity index (χ2n) is 5.79. The molecule has 2 aliphatic rings. The Balaban J connectivity index is 2.02. The fourth-order valence-electron chi connectivity index (χ4n) is 3.08. The molecule has 1 saturated heterocycles. The summed E-state index contributed by atoms with van der Waals surface area (Å²) in [7, 11) is 1.15. The van der Waals surface area contributed by atoms with Gasteiger partial charge in [-0.25, -0.2) is 14.7 Å². The van der Waals surface area contributed by atoms with E-state index >= 15 is 0 Å². The Labute approximate surface area is 144 Å². The number of benzene rings is 1. The fourth-order valence-corrected chi connectivity index (χ4v) is 3.08. The van der Waals surface area contributed by atoms with Gasteiger partial charge in [-0.05, 0) is 24.1 Å². The first-order valence-electron chi connectivity index (χ1n) is 7.84. The average Bonchev–Trinajstić information content (AvgIpc) is 3.12. The number of esters is 1. The predicted octanol–water partition coefficient (Wildman–Crippen LogP) is 0.498. The van der Waals surface area contributed by atoms with Crippen LogP contribution in [0.1, 0.15) is 19.4 Å². The maximum Gasteiger partial charge on any atom is 0.355 e. The summed E-state index contributed by atoms with van der Waals surface area (Å²) in [5, 5.41) is 4.74. The van der Waals surface area contributed by atoms with Crippen LogP contribution >= 0.6 is 0 Å². The SMILES string of the molecule is CCc1ccc(N2C(=O)[C@H]3C(C(=O)OC)=NN(C(C)=O)[C@@H]3C2=O)cc1. The number of imide groups is 1. The summed E-state index contributed by atoms with van der Waals surface area (Å²) in [5.74, 6) is -3.68. The molecule has 0 saturated carbocycles. The van der Waals surface area contributed by atoms with Crippen molar-refractivity contribution in [2.75, 3.05) is 12.0 Å². The highest BCUT2D eigenvalue weighted by molar-refractivity contribution is 6.47. The van der Waals surface area contributed by atoms with Gasteiger partial charge >= 0.3 is 5.97 Å². The van der Waals surface area contributed by atoms with Crippen LogP contribution in [0.5, 0.6) is 0 Å². The van der Waals surface area contributed by atoms with Crippen LogP contribution in [0.4, 0.5) is 5.69 Å². The van der Waals surface area contributed by atoms with Crippen LogP contribution in [0, 0.1) is 5.92 Å². The molecule has 0 bridgehead atoms. The van der Waals surface area contributed by atoms with E-state index in [0.29, 0.717) is 5.69 Å². The molecule has 130 valence electrons. The maximum atomic E-state index is 12.8. The molecule has 2 atom stereocenters. The first kappa shape index (κ1) is 16.8. The average molecular weight is 343 g/mol. The summed E-state index contributed by atoms with van der Waals surface area (Å²) in [6, 6.07) is 5.83. The van der Waals surface area contributed by atoms with Crippen molar-refractivity contribution in [1.29, 1.82) is 0 Å². The van der Waals surface area contributed by atoms with E-state index < -0.39 is 35.7 Å². The lowest BCUT2D eigenvalue weighted by molar-refractivity contribution is -0.136. The molecule has 25 heavy (non-hydrogen) atoms. The number of anilines is 1. The first-order valence-corrected chi connectivity index (χ1v) is 7.84. The van der Waals surface area contributed by atoms with Crippen LogP contribution in [0.2, 0.25) is 0 Å². The molecule has 0 unspecified atom stereocenters. The Hall–Kier alpha value is -3.03. The molecule has 1 aromatic carbocycles. The molecule has 3 rings (SSSR count). The smallest absolute Gasteiger partial charge is 0.355 e. The first-order chi connectivity index (χ1) is 11.9. The van der Waals surface area contributed by atoms with Crippen molar-refractivity contribution >= 4 is 35.1 Å². The minimum atomic E-state index is -1.15. The number of rotatable bonds is 3. The van der Waals surface area contributed by atoms with Gasteiger partial charge in [0, 0.05) is 6.92 Å². The highest BCUT2D eigenvalue weighted by Crippen LogP contribution is 2.35. The molecule has 3 amide bonds. The van der Waals surface area contributed by atoms with Crippen LogP contribution < -0.4 is 4.90 Å². The molecular weight excluding hydrogens is 326 g/mol. The zero-order valence-corrected chi connectivity index (χ0v) is 14.1. The number of carbonyl (C=O) groups is 4.